The molecule has 0 radical (unpaired) electrons. The Labute approximate surface area is 72.8 Å². The molecular weight excluding hydrogens is 150 g/mol. The Morgan fingerprint density at radius 1 is 1.75 bits per heavy atom. The molecule has 3 nitrogen and oxygen atoms in total. The highest BCUT2D eigenvalue weighted by atomic mass is 15.3. The Balaban J connectivity index is 2.46. The number of aryl methyl sites for hydroxylation is 1. The van der Waals surface area contributed by atoms with E-state index >= 15 is 0 Å². The molecule has 0 aromatic carbocycles. The summed E-state index contributed by atoms with van der Waals surface area (Å²) in [5.41, 5.74) is 1.17. The van der Waals surface area contributed by atoms with Gasteiger partial charge in [-0.1, -0.05) is 5.92 Å². The number of hydrogen-bond donors (Lipinski definition) is 1. The molecule has 1 aromatic heterocycles. The first-order valence-electron chi connectivity index (χ1n) is 4.03. The summed E-state index contributed by atoms with van der Waals surface area (Å²) in [5, 5.41) is 7.25. The van der Waals surface area contributed by atoms with Crippen LogP contribution in [0.5, 0.6) is 0 Å². The van der Waals surface area contributed by atoms with Gasteiger partial charge in [0, 0.05) is 19.3 Å². The Morgan fingerprint density at radius 2 is 2.58 bits per heavy atom. The van der Waals surface area contributed by atoms with Gasteiger partial charge < -0.3 is 5.32 Å². The highest BCUT2D eigenvalue weighted by Gasteiger charge is 1.97. The highest BCUT2D eigenvalue weighted by Crippen LogP contribution is 1.96. The molecule has 0 saturated heterocycles. The number of aromatic nitrogens is 2. The number of hydrogen-bond acceptors (Lipinski definition) is 2. The molecule has 1 aromatic rings. The quantitative estimate of drug-likeness (QED) is 0.521. The number of terminal acetylenes is 1. The average Bonchev–Trinajstić information content (AvgIpc) is 2.52. The third-order valence-corrected chi connectivity index (χ3v) is 1.64. The van der Waals surface area contributed by atoms with Crippen molar-refractivity contribution in [3.05, 3.63) is 18.0 Å². The van der Waals surface area contributed by atoms with Crippen molar-refractivity contribution in [1.82, 2.24) is 15.1 Å². The maximum atomic E-state index is 5.10. The van der Waals surface area contributed by atoms with E-state index in [1.54, 1.807) is 6.20 Å². The van der Waals surface area contributed by atoms with E-state index in [9.17, 15) is 0 Å². The smallest absolute Gasteiger partial charge is 0.0576 e. The molecule has 0 bridgehead atoms. The summed E-state index contributed by atoms with van der Waals surface area (Å²) < 4.78 is 1.95. The van der Waals surface area contributed by atoms with E-state index in [-0.39, 0.29) is 0 Å². The minimum absolute atomic E-state index is 0.606. The van der Waals surface area contributed by atoms with E-state index in [0.29, 0.717) is 6.54 Å². The topological polar surface area (TPSA) is 29.9 Å². The van der Waals surface area contributed by atoms with Crippen molar-refractivity contribution in [3.63, 3.8) is 0 Å². The molecule has 0 aliphatic carbocycles. The normalized spacial score (nSPS) is 9.67. The second-order valence-electron chi connectivity index (χ2n) is 2.45. The fraction of sp³-hybridized carbons (Fsp3) is 0.444. The van der Waals surface area contributed by atoms with E-state index in [1.807, 2.05) is 10.7 Å². The monoisotopic (exact) mass is 163 g/mol. The lowest BCUT2D eigenvalue weighted by atomic mass is 10.4. The third-order valence-electron chi connectivity index (χ3n) is 1.64. The molecule has 3 heteroatoms. The molecule has 0 aliphatic rings. The average molecular weight is 163 g/mol. The van der Waals surface area contributed by atoms with Crippen LogP contribution >= 0.6 is 0 Å². The first-order chi connectivity index (χ1) is 5.88. The zero-order chi connectivity index (χ0) is 8.81. The minimum atomic E-state index is 0.606. The standard InChI is InChI=1S/C9H13N3/c1-3-6-10-8-9-5-7-11-12(9)4-2/h1,5,7,10H,4,6,8H2,2H3. The van der Waals surface area contributed by atoms with Gasteiger partial charge >= 0.3 is 0 Å². The van der Waals surface area contributed by atoms with Crippen LogP contribution in [0.3, 0.4) is 0 Å². The number of nitrogens with zero attached hydrogens (tertiary/aromatic N) is 2. The Hall–Kier alpha value is -1.27. The first kappa shape index (κ1) is 8.82. The van der Waals surface area contributed by atoms with Crippen molar-refractivity contribution in [1.29, 1.82) is 0 Å². The van der Waals surface area contributed by atoms with Gasteiger partial charge in [-0.2, -0.15) is 5.10 Å². The predicted molar refractivity (Wildman–Crippen MR) is 48.4 cm³/mol. The van der Waals surface area contributed by atoms with Crippen LogP contribution in [0.2, 0.25) is 0 Å². The Morgan fingerprint density at radius 3 is 3.25 bits per heavy atom. The van der Waals surface area contributed by atoms with Gasteiger partial charge in [0.1, 0.15) is 0 Å². The van der Waals surface area contributed by atoms with Gasteiger partial charge in [-0.05, 0) is 13.0 Å². The highest BCUT2D eigenvalue weighted by molar-refractivity contribution is 5.00. The second kappa shape index (κ2) is 4.58. The predicted octanol–water partition coefficient (Wildman–Crippen LogP) is 0.626. The van der Waals surface area contributed by atoms with Crippen LogP contribution in [-0.2, 0) is 13.1 Å². The summed E-state index contributed by atoms with van der Waals surface area (Å²) in [4.78, 5) is 0. The van der Waals surface area contributed by atoms with Crippen molar-refractivity contribution < 1.29 is 0 Å². The Bertz CT molecular complexity index is 270. The molecule has 0 atom stereocenters. The summed E-state index contributed by atoms with van der Waals surface area (Å²) >= 11 is 0. The van der Waals surface area contributed by atoms with Crippen LogP contribution in [-0.4, -0.2) is 16.3 Å². The van der Waals surface area contributed by atoms with Crippen LogP contribution in [0.25, 0.3) is 0 Å². The lowest BCUT2D eigenvalue weighted by Gasteiger charge is -2.03. The zero-order valence-electron chi connectivity index (χ0n) is 7.25. The fourth-order valence-electron chi connectivity index (χ4n) is 1.06. The van der Waals surface area contributed by atoms with Crippen molar-refractivity contribution in [2.75, 3.05) is 6.54 Å². The van der Waals surface area contributed by atoms with Crippen LogP contribution < -0.4 is 5.32 Å². The minimum Gasteiger partial charge on any atom is -0.301 e. The molecule has 1 rings (SSSR count). The van der Waals surface area contributed by atoms with E-state index in [2.05, 4.69) is 23.3 Å². The fourth-order valence-corrected chi connectivity index (χ4v) is 1.06. The molecule has 12 heavy (non-hydrogen) atoms. The van der Waals surface area contributed by atoms with Gasteiger partial charge in [-0.15, -0.1) is 6.42 Å². The van der Waals surface area contributed by atoms with Gasteiger partial charge in [0.25, 0.3) is 0 Å². The van der Waals surface area contributed by atoms with Crippen LogP contribution in [0.4, 0.5) is 0 Å². The van der Waals surface area contributed by atoms with Crippen molar-refractivity contribution in [3.8, 4) is 12.3 Å². The second-order valence-corrected chi connectivity index (χ2v) is 2.45. The van der Waals surface area contributed by atoms with Crippen molar-refractivity contribution >= 4 is 0 Å². The van der Waals surface area contributed by atoms with Gasteiger partial charge in [-0.3, -0.25) is 4.68 Å². The zero-order valence-corrected chi connectivity index (χ0v) is 7.25. The van der Waals surface area contributed by atoms with E-state index in [0.717, 1.165) is 13.1 Å². The molecule has 0 unspecified atom stereocenters. The van der Waals surface area contributed by atoms with Gasteiger partial charge in [0.05, 0.1) is 12.2 Å². The summed E-state index contributed by atoms with van der Waals surface area (Å²) in [6.45, 7) is 4.37. The molecular formula is C9H13N3. The van der Waals surface area contributed by atoms with Crippen molar-refractivity contribution in [2.45, 2.75) is 20.0 Å². The number of rotatable bonds is 4. The molecule has 0 saturated carbocycles. The van der Waals surface area contributed by atoms with E-state index < -0.39 is 0 Å². The summed E-state index contributed by atoms with van der Waals surface area (Å²) in [6, 6.07) is 1.99. The van der Waals surface area contributed by atoms with Crippen LogP contribution in [0, 0.1) is 12.3 Å². The molecule has 1 N–H and O–H groups in total. The summed E-state index contributed by atoms with van der Waals surface area (Å²) in [6.07, 6.45) is 6.91. The largest absolute Gasteiger partial charge is 0.301 e. The lowest BCUT2D eigenvalue weighted by molar-refractivity contribution is 0.597. The Kier molecular flexibility index (Phi) is 3.36. The third kappa shape index (κ3) is 2.11. The lowest BCUT2D eigenvalue weighted by Crippen LogP contribution is -2.16. The van der Waals surface area contributed by atoms with E-state index in [4.69, 9.17) is 6.42 Å². The first-order valence-corrected chi connectivity index (χ1v) is 4.03. The molecule has 0 amide bonds. The van der Waals surface area contributed by atoms with E-state index in [1.165, 1.54) is 5.69 Å². The van der Waals surface area contributed by atoms with Crippen LogP contribution in [0.1, 0.15) is 12.6 Å². The van der Waals surface area contributed by atoms with Gasteiger partial charge in [0.15, 0.2) is 0 Å². The maximum Gasteiger partial charge on any atom is 0.0576 e. The number of nitrogens with one attached hydrogen (secondary N) is 1. The van der Waals surface area contributed by atoms with Crippen molar-refractivity contribution in [2.24, 2.45) is 0 Å². The SMILES string of the molecule is C#CCNCc1ccnn1CC. The van der Waals surface area contributed by atoms with Gasteiger partial charge in [-0.25, -0.2) is 0 Å². The molecule has 64 valence electrons. The molecule has 0 spiro atoms. The molecule has 1 heterocycles. The summed E-state index contributed by atoms with van der Waals surface area (Å²) in [5.74, 6) is 2.53. The summed E-state index contributed by atoms with van der Waals surface area (Å²) in [7, 11) is 0. The van der Waals surface area contributed by atoms with Gasteiger partial charge in [0.2, 0.25) is 0 Å². The maximum absolute atomic E-state index is 5.10. The molecule has 0 aliphatic heterocycles. The molecule has 0 fully saturated rings. The van der Waals surface area contributed by atoms with Crippen LogP contribution in [0.15, 0.2) is 12.3 Å².